The molecule has 2 fully saturated rings. The van der Waals surface area contributed by atoms with Gasteiger partial charge < -0.3 is 10.1 Å². The Bertz CT molecular complexity index is 429. The van der Waals surface area contributed by atoms with Crippen LogP contribution in [0.4, 0.5) is 0 Å². The van der Waals surface area contributed by atoms with Gasteiger partial charge in [0.05, 0.1) is 12.2 Å². The third kappa shape index (κ3) is 2.45. The molecule has 3 atom stereocenters. The van der Waals surface area contributed by atoms with E-state index >= 15 is 0 Å². The number of hydrogen-bond acceptors (Lipinski definition) is 2. The third-order valence-electron chi connectivity index (χ3n) is 4.46. The van der Waals surface area contributed by atoms with E-state index < -0.39 is 0 Å². The second kappa shape index (κ2) is 5.02. The van der Waals surface area contributed by atoms with Crippen molar-refractivity contribution in [2.75, 3.05) is 6.54 Å². The molecule has 1 aromatic carbocycles. The van der Waals surface area contributed by atoms with Crippen molar-refractivity contribution in [1.82, 2.24) is 5.32 Å². The van der Waals surface area contributed by atoms with Gasteiger partial charge in [-0.1, -0.05) is 23.8 Å². The quantitative estimate of drug-likeness (QED) is 0.880. The summed E-state index contributed by atoms with van der Waals surface area (Å²) in [6, 6.07) is 6.69. The van der Waals surface area contributed by atoms with Crippen LogP contribution >= 0.6 is 0 Å². The van der Waals surface area contributed by atoms with Crippen LogP contribution in [0, 0.1) is 19.8 Å². The fourth-order valence-corrected chi connectivity index (χ4v) is 3.34. The molecular formula is C16H23NO. The first-order valence-corrected chi connectivity index (χ1v) is 7.14. The lowest BCUT2D eigenvalue weighted by atomic mass is 9.89. The maximum absolute atomic E-state index is 5.89. The van der Waals surface area contributed by atoms with Crippen molar-refractivity contribution in [2.24, 2.45) is 5.92 Å². The molecule has 98 valence electrons. The van der Waals surface area contributed by atoms with Crippen LogP contribution in [-0.4, -0.2) is 18.8 Å². The Labute approximate surface area is 110 Å². The number of fused-ring (bicyclic) bond motifs is 2. The maximum atomic E-state index is 5.89. The summed E-state index contributed by atoms with van der Waals surface area (Å²) in [7, 11) is 0. The van der Waals surface area contributed by atoms with Gasteiger partial charge in [0.2, 0.25) is 0 Å². The number of aryl methyl sites for hydroxylation is 2. The first kappa shape index (κ1) is 12.2. The second-order valence-corrected chi connectivity index (χ2v) is 5.93. The Kier molecular flexibility index (Phi) is 3.40. The minimum atomic E-state index is 0.543. The number of ether oxygens (including phenoxy) is 1. The molecule has 3 unspecified atom stereocenters. The van der Waals surface area contributed by atoms with Crippen molar-refractivity contribution in [3.63, 3.8) is 0 Å². The van der Waals surface area contributed by atoms with Crippen LogP contribution in [0.2, 0.25) is 0 Å². The number of nitrogens with one attached hydrogen (secondary N) is 1. The number of hydrogen-bond donors (Lipinski definition) is 1. The molecule has 1 aromatic rings. The van der Waals surface area contributed by atoms with Gasteiger partial charge in [-0.2, -0.15) is 0 Å². The zero-order chi connectivity index (χ0) is 12.5. The molecule has 2 saturated heterocycles. The molecular weight excluding hydrogens is 222 g/mol. The molecule has 0 radical (unpaired) electrons. The highest BCUT2D eigenvalue weighted by molar-refractivity contribution is 5.30. The summed E-state index contributed by atoms with van der Waals surface area (Å²) in [6.45, 7) is 6.44. The topological polar surface area (TPSA) is 21.3 Å². The molecule has 0 amide bonds. The van der Waals surface area contributed by atoms with E-state index in [4.69, 9.17) is 4.74 Å². The second-order valence-electron chi connectivity index (χ2n) is 5.93. The molecule has 2 aliphatic heterocycles. The standard InChI is InChI=1S/C16H23NO/c1-11-3-4-12(2)13(7-11)9-17-10-14-8-15-5-6-16(14)18-15/h3-4,7,14-17H,5-6,8-10H2,1-2H3. The largest absolute Gasteiger partial charge is 0.375 e. The Morgan fingerprint density at radius 2 is 2.17 bits per heavy atom. The van der Waals surface area contributed by atoms with Crippen LogP contribution in [0.25, 0.3) is 0 Å². The highest BCUT2D eigenvalue weighted by Crippen LogP contribution is 2.38. The van der Waals surface area contributed by atoms with E-state index in [0.717, 1.165) is 19.0 Å². The van der Waals surface area contributed by atoms with Gasteiger partial charge in [0.1, 0.15) is 0 Å². The third-order valence-corrected chi connectivity index (χ3v) is 4.46. The average Bonchev–Trinajstić information content (AvgIpc) is 2.96. The summed E-state index contributed by atoms with van der Waals surface area (Å²) >= 11 is 0. The van der Waals surface area contributed by atoms with Crippen LogP contribution in [0.15, 0.2) is 18.2 Å². The number of rotatable bonds is 4. The highest BCUT2D eigenvalue weighted by Gasteiger charge is 2.40. The predicted molar refractivity (Wildman–Crippen MR) is 73.6 cm³/mol. The zero-order valence-electron chi connectivity index (χ0n) is 11.4. The van der Waals surface area contributed by atoms with Crippen LogP contribution in [0.5, 0.6) is 0 Å². The van der Waals surface area contributed by atoms with Crippen molar-refractivity contribution < 1.29 is 4.74 Å². The predicted octanol–water partition coefficient (Wildman–Crippen LogP) is 2.96. The molecule has 2 heteroatoms. The fourth-order valence-electron chi connectivity index (χ4n) is 3.34. The Balaban J connectivity index is 1.51. The lowest BCUT2D eigenvalue weighted by Gasteiger charge is -2.19. The zero-order valence-corrected chi connectivity index (χ0v) is 11.4. The number of benzene rings is 1. The van der Waals surface area contributed by atoms with Crippen LogP contribution in [-0.2, 0) is 11.3 Å². The Hall–Kier alpha value is -0.860. The summed E-state index contributed by atoms with van der Waals surface area (Å²) in [5.41, 5.74) is 4.16. The van der Waals surface area contributed by atoms with Gasteiger partial charge in [0.25, 0.3) is 0 Å². The van der Waals surface area contributed by atoms with Crippen LogP contribution in [0.3, 0.4) is 0 Å². The smallest absolute Gasteiger partial charge is 0.0621 e. The Morgan fingerprint density at radius 1 is 1.28 bits per heavy atom. The SMILES string of the molecule is Cc1ccc(C)c(CNCC2CC3CCC2O3)c1. The van der Waals surface area contributed by atoms with E-state index in [0.29, 0.717) is 12.2 Å². The Morgan fingerprint density at radius 3 is 2.89 bits per heavy atom. The highest BCUT2D eigenvalue weighted by atomic mass is 16.5. The summed E-state index contributed by atoms with van der Waals surface area (Å²) in [4.78, 5) is 0. The van der Waals surface area contributed by atoms with Gasteiger partial charge in [-0.15, -0.1) is 0 Å². The lowest BCUT2D eigenvalue weighted by molar-refractivity contribution is 0.0924. The first-order chi connectivity index (χ1) is 8.72. The van der Waals surface area contributed by atoms with Gasteiger partial charge in [0.15, 0.2) is 0 Å². The van der Waals surface area contributed by atoms with E-state index in [1.54, 1.807) is 0 Å². The molecule has 2 heterocycles. The van der Waals surface area contributed by atoms with Crippen LogP contribution in [0.1, 0.15) is 36.0 Å². The molecule has 2 aliphatic rings. The maximum Gasteiger partial charge on any atom is 0.0621 e. The summed E-state index contributed by atoms with van der Waals surface area (Å²) in [6.07, 6.45) is 4.95. The molecule has 0 aromatic heterocycles. The van der Waals surface area contributed by atoms with Gasteiger partial charge in [-0.25, -0.2) is 0 Å². The molecule has 0 spiro atoms. The van der Waals surface area contributed by atoms with E-state index in [9.17, 15) is 0 Å². The molecule has 0 saturated carbocycles. The van der Waals surface area contributed by atoms with Gasteiger partial charge in [0, 0.05) is 19.0 Å². The normalized spacial score (nSPS) is 30.0. The van der Waals surface area contributed by atoms with Crippen LogP contribution < -0.4 is 5.32 Å². The van der Waals surface area contributed by atoms with E-state index in [-0.39, 0.29) is 0 Å². The van der Waals surface area contributed by atoms with Gasteiger partial charge >= 0.3 is 0 Å². The fraction of sp³-hybridized carbons (Fsp3) is 0.625. The average molecular weight is 245 g/mol. The summed E-state index contributed by atoms with van der Waals surface area (Å²) in [5.74, 6) is 0.744. The van der Waals surface area contributed by atoms with Crippen molar-refractivity contribution in [3.05, 3.63) is 34.9 Å². The van der Waals surface area contributed by atoms with Gasteiger partial charge in [-0.05, 0) is 44.2 Å². The summed E-state index contributed by atoms with van der Waals surface area (Å²) in [5, 5.41) is 3.62. The monoisotopic (exact) mass is 245 g/mol. The molecule has 2 nitrogen and oxygen atoms in total. The van der Waals surface area contributed by atoms with Gasteiger partial charge in [-0.3, -0.25) is 0 Å². The van der Waals surface area contributed by atoms with Crippen molar-refractivity contribution in [1.29, 1.82) is 0 Å². The van der Waals surface area contributed by atoms with Crippen molar-refractivity contribution in [2.45, 2.75) is 51.9 Å². The van der Waals surface area contributed by atoms with E-state index in [1.807, 2.05) is 0 Å². The van der Waals surface area contributed by atoms with Crippen molar-refractivity contribution in [3.8, 4) is 0 Å². The first-order valence-electron chi connectivity index (χ1n) is 7.14. The molecule has 1 N–H and O–H groups in total. The van der Waals surface area contributed by atoms with Crippen molar-refractivity contribution >= 4 is 0 Å². The molecule has 3 rings (SSSR count). The molecule has 0 aliphatic carbocycles. The summed E-state index contributed by atoms with van der Waals surface area (Å²) < 4.78 is 5.89. The van der Waals surface area contributed by atoms with E-state index in [2.05, 4.69) is 37.4 Å². The molecule has 2 bridgehead atoms. The van der Waals surface area contributed by atoms with E-state index in [1.165, 1.54) is 36.0 Å². The lowest BCUT2D eigenvalue weighted by Crippen LogP contribution is -2.29. The minimum Gasteiger partial charge on any atom is -0.375 e. The molecule has 18 heavy (non-hydrogen) atoms. The minimum absolute atomic E-state index is 0.543.